The van der Waals surface area contributed by atoms with E-state index in [9.17, 15) is 0 Å². The minimum Gasteiger partial charge on any atom is -0.456 e. The molecule has 0 aliphatic rings. The van der Waals surface area contributed by atoms with Gasteiger partial charge in [-0.15, -0.1) is 11.3 Å². The van der Waals surface area contributed by atoms with Crippen LogP contribution in [-0.4, -0.2) is 19.1 Å². The van der Waals surface area contributed by atoms with Crippen molar-refractivity contribution in [2.24, 2.45) is 0 Å². The lowest BCUT2D eigenvalue weighted by molar-refractivity contribution is 0.669. The number of rotatable bonds is 5. The molecule has 0 fully saturated rings. The van der Waals surface area contributed by atoms with Crippen molar-refractivity contribution in [2.75, 3.05) is 0 Å². The van der Waals surface area contributed by atoms with Crippen LogP contribution in [0.4, 0.5) is 0 Å². The molecule has 0 saturated heterocycles. The first-order valence-electron chi connectivity index (χ1n) is 23.0. The van der Waals surface area contributed by atoms with Crippen molar-refractivity contribution >= 4 is 109 Å². The molecule has 0 radical (unpaired) electrons. The molecule has 5 aromatic heterocycles. The molecule has 6 heteroatoms. The van der Waals surface area contributed by atoms with E-state index in [1.807, 2.05) is 12.1 Å². The Morgan fingerprint density at radius 3 is 1.81 bits per heavy atom. The van der Waals surface area contributed by atoms with Gasteiger partial charge in [-0.3, -0.25) is 4.57 Å². The normalized spacial score (nSPS) is 12.1. The first-order chi connectivity index (χ1) is 33.7. The molecule has 0 bridgehead atoms. The lowest BCUT2D eigenvalue weighted by Gasteiger charge is -2.10. The molecule has 5 heterocycles. The number of furan rings is 1. The molecular formula is C62H36N4OS. The third-order valence-electron chi connectivity index (χ3n) is 13.9. The van der Waals surface area contributed by atoms with Crippen LogP contribution in [-0.2, 0) is 0 Å². The van der Waals surface area contributed by atoms with Gasteiger partial charge in [-0.05, 0) is 111 Å². The zero-order valence-electron chi connectivity index (χ0n) is 36.4. The molecule has 0 saturated carbocycles. The van der Waals surface area contributed by atoms with Crippen molar-refractivity contribution in [2.45, 2.75) is 0 Å². The molecule has 15 aromatic rings. The Morgan fingerprint density at radius 2 is 1.00 bits per heavy atom. The van der Waals surface area contributed by atoms with Gasteiger partial charge in [0.25, 0.3) is 0 Å². The molecule has 0 atom stereocenters. The summed E-state index contributed by atoms with van der Waals surface area (Å²) in [5.41, 5.74) is 13.7. The van der Waals surface area contributed by atoms with E-state index in [1.165, 1.54) is 48.3 Å². The average Bonchev–Trinajstić information content (AvgIpc) is 4.17. The first kappa shape index (κ1) is 37.4. The van der Waals surface area contributed by atoms with Crippen LogP contribution in [0.3, 0.4) is 0 Å². The molecule has 10 aromatic carbocycles. The topological polar surface area (TPSA) is 48.8 Å². The molecular weight excluding hydrogens is 849 g/mol. The smallest absolute Gasteiger partial charge is 0.235 e. The second kappa shape index (κ2) is 14.3. The molecule has 15 rings (SSSR count). The molecule has 0 unspecified atom stereocenters. The van der Waals surface area contributed by atoms with Crippen LogP contribution in [0.15, 0.2) is 223 Å². The molecule has 0 aliphatic heterocycles. The van der Waals surface area contributed by atoms with Crippen molar-refractivity contribution in [1.82, 2.24) is 19.1 Å². The molecule has 0 N–H and O–H groups in total. The Bertz CT molecular complexity index is 4560. The van der Waals surface area contributed by atoms with Crippen molar-refractivity contribution in [3.05, 3.63) is 218 Å². The Balaban J connectivity index is 0.959. The minimum atomic E-state index is 0.652. The predicted octanol–water partition coefficient (Wildman–Crippen LogP) is 17.1. The summed E-state index contributed by atoms with van der Waals surface area (Å²) in [6.07, 6.45) is 0. The van der Waals surface area contributed by atoms with E-state index in [2.05, 4.69) is 215 Å². The highest BCUT2D eigenvalue weighted by Crippen LogP contribution is 2.44. The second-order valence-corrected chi connectivity index (χ2v) is 18.8. The highest BCUT2D eigenvalue weighted by molar-refractivity contribution is 7.22. The van der Waals surface area contributed by atoms with Gasteiger partial charge in [0.05, 0.1) is 38.0 Å². The molecule has 0 amide bonds. The zero-order valence-corrected chi connectivity index (χ0v) is 37.2. The second-order valence-electron chi connectivity index (χ2n) is 17.7. The summed E-state index contributed by atoms with van der Waals surface area (Å²) in [6, 6.07) is 78.6. The van der Waals surface area contributed by atoms with Gasteiger partial charge in [-0.2, -0.15) is 0 Å². The lowest BCUT2D eigenvalue weighted by Crippen LogP contribution is -2.02. The summed E-state index contributed by atoms with van der Waals surface area (Å²) in [5, 5.41) is 11.8. The quantitative estimate of drug-likeness (QED) is 0.173. The van der Waals surface area contributed by atoms with E-state index in [-0.39, 0.29) is 0 Å². The number of thiophene rings is 1. The number of hydrogen-bond acceptors (Lipinski definition) is 4. The van der Waals surface area contributed by atoms with E-state index in [0.717, 1.165) is 87.5 Å². The van der Waals surface area contributed by atoms with E-state index in [1.54, 1.807) is 11.3 Å². The highest BCUT2D eigenvalue weighted by Gasteiger charge is 2.22. The fourth-order valence-corrected chi connectivity index (χ4v) is 11.9. The Labute approximate surface area is 393 Å². The fraction of sp³-hybridized carbons (Fsp3) is 0. The third-order valence-corrected chi connectivity index (χ3v) is 15.1. The first-order valence-corrected chi connectivity index (χ1v) is 23.8. The summed E-state index contributed by atoms with van der Waals surface area (Å²) in [5.74, 6) is 0.652. The summed E-state index contributed by atoms with van der Waals surface area (Å²) >= 11 is 1.75. The lowest BCUT2D eigenvalue weighted by atomic mass is 9.98. The standard InChI is InChI=1S/C62H36N4OS/c1-3-14-38(15-4-1)58-36-51-61(68-58)60(39-16-5-2-6-17-39)64-62(63-51)66-52-27-24-42(32-47(52)48-31-40-18-7-8-19-41(40)34-55(48)66)43-25-28-53-50(33-43)59-45-20-10-9-13-37(45)23-29-54(59)65(53)44-26-30-57-49(35-44)46-21-11-12-22-56(46)67-57/h1-36H. The van der Waals surface area contributed by atoms with Gasteiger partial charge in [-0.1, -0.05) is 146 Å². The SMILES string of the molecule is c1ccc(-c2cc3nc(-n4c5ccc(-c6ccc7c(c6)c6c8ccccc8ccc6n7-c6ccc7oc8ccccc8c7c6)cc5c5cc6ccccc6cc54)nc(-c4ccccc4)c3s2)cc1. The van der Waals surface area contributed by atoms with Gasteiger partial charge in [0.1, 0.15) is 11.2 Å². The highest BCUT2D eigenvalue weighted by atomic mass is 32.1. The Hall–Kier alpha value is -8.84. The maximum Gasteiger partial charge on any atom is 0.235 e. The van der Waals surface area contributed by atoms with Gasteiger partial charge in [0, 0.05) is 48.4 Å². The number of hydrogen-bond donors (Lipinski definition) is 0. The van der Waals surface area contributed by atoms with E-state index in [4.69, 9.17) is 14.4 Å². The third kappa shape index (κ3) is 5.55. The monoisotopic (exact) mass is 884 g/mol. The number of benzene rings is 10. The molecule has 0 spiro atoms. The summed E-state index contributed by atoms with van der Waals surface area (Å²) in [6.45, 7) is 0. The van der Waals surface area contributed by atoms with Gasteiger partial charge in [0.2, 0.25) is 5.95 Å². The molecule has 5 nitrogen and oxygen atoms in total. The molecule has 68 heavy (non-hydrogen) atoms. The summed E-state index contributed by atoms with van der Waals surface area (Å²) in [7, 11) is 0. The maximum atomic E-state index is 6.27. The maximum absolute atomic E-state index is 6.27. The Kier molecular flexibility index (Phi) is 7.88. The zero-order chi connectivity index (χ0) is 44.5. The van der Waals surface area contributed by atoms with E-state index < -0.39 is 0 Å². The average molecular weight is 885 g/mol. The van der Waals surface area contributed by atoms with Crippen LogP contribution < -0.4 is 0 Å². The van der Waals surface area contributed by atoms with Gasteiger partial charge in [-0.25, -0.2) is 9.97 Å². The van der Waals surface area contributed by atoms with Crippen molar-refractivity contribution in [1.29, 1.82) is 0 Å². The van der Waals surface area contributed by atoms with Gasteiger partial charge >= 0.3 is 0 Å². The molecule has 316 valence electrons. The summed E-state index contributed by atoms with van der Waals surface area (Å²) in [4.78, 5) is 12.1. The minimum absolute atomic E-state index is 0.652. The Morgan fingerprint density at radius 1 is 0.368 bits per heavy atom. The van der Waals surface area contributed by atoms with Crippen LogP contribution in [0.2, 0.25) is 0 Å². The van der Waals surface area contributed by atoms with Crippen LogP contribution in [0.5, 0.6) is 0 Å². The predicted molar refractivity (Wildman–Crippen MR) is 285 cm³/mol. The van der Waals surface area contributed by atoms with E-state index in [0.29, 0.717) is 5.95 Å². The van der Waals surface area contributed by atoms with Crippen molar-refractivity contribution in [3.8, 4) is 44.5 Å². The number of aromatic nitrogens is 4. The largest absolute Gasteiger partial charge is 0.456 e. The van der Waals surface area contributed by atoms with Crippen LogP contribution in [0.1, 0.15) is 0 Å². The number of para-hydroxylation sites is 1. The van der Waals surface area contributed by atoms with Crippen molar-refractivity contribution in [3.63, 3.8) is 0 Å². The van der Waals surface area contributed by atoms with Crippen LogP contribution in [0, 0.1) is 0 Å². The summed E-state index contributed by atoms with van der Waals surface area (Å²) < 4.78 is 12.0. The fourth-order valence-electron chi connectivity index (χ4n) is 10.8. The molecule has 0 aliphatic carbocycles. The van der Waals surface area contributed by atoms with Crippen LogP contribution in [0.25, 0.3) is 142 Å². The van der Waals surface area contributed by atoms with E-state index >= 15 is 0 Å². The number of nitrogens with zero attached hydrogens (tertiary/aromatic N) is 4. The van der Waals surface area contributed by atoms with Gasteiger partial charge in [0.15, 0.2) is 0 Å². The van der Waals surface area contributed by atoms with Crippen LogP contribution >= 0.6 is 11.3 Å². The van der Waals surface area contributed by atoms with Crippen molar-refractivity contribution < 1.29 is 4.42 Å². The number of fused-ring (bicyclic) bond motifs is 13. The van der Waals surface area contributed by atoms with Gasteiger partial charge < -0.3 is 8.98 Å².